The van der Waals surface area contributed by atoms with Crippen molar-refractivity contribution in [2.24, 2.45) is 5.41 Å². The lowest BCUT2D eigenvalue weighted by Crippen LogP contribution is -2.10. The van der Waals surface area contributed by atoms with Gasteiger partial charge in [-0.05, 0) is 52.2 Å². The van der Waals surface area contributed by atoms with Gasteiger partial charge in [0.2, 0.25) is 0 Å². The van der Waals surface area contributed by atoms with Crippen LogP contribution >= 0.6 is 15.9 Å². The topological polar surface area (TPSA) is 40.5 Å². The van der Waals surface area contributed by atoms with Gasteiger partial charge in [0.1, 0.15) is 5.75 Å². The van der Waals surface area contributed by atoms with E-state index in [1.165, 1.54) is 0 Å². The first-order valence-corrected chi connectivity index (χ1v) is 5.53. The number of halogens is 1. The first-order chi connectivity index (χ1) is 6.67. The van der Waals surface area contributed by atoms with Gasteiger partial charge < -0.3 is 10.2 Å². The second-order valence-electron chi connectivity index (χ2n) is 4.09. The number of aromatic hydroxyl groups is 1. The number of hydrogen-bond acceptors (Lipinski definition) is 2. The van der Waals surface area contributed by atoms with E-state index in [1.807, 2.05) is 12.1 Å². The largest absolute Gasteiger partial charge is 0.507 e. The highest BCUT2D eigenvalue weighted by Crippen LogP contribution is 2.49. The second kappa shape index (κ2) is 3.55. The Kier molecular flexibility index (Phi) is 2.54. The van der Waals surface area contributed by atoms with Gasteiger partial charge in [-0.1, -0.05) is 12.1 Å². The summed E-state index contributed by atoms with van der Waals surface area (Å²) in [5.74, 6) is 0.274. The lowest BCUT2D eigenvalue weighted by atomic mass is 9.97. The van der Waals surface area contributed by atoms with Crippen LogP contribution < -0.4 is 0 Å². The molecule has 0 amide bonds. The molecule has 1 aliphatic rings. The van der Waals surface area contributed by atoms with Crippen LogP contribution in [0.4, 0.5) is 0 Å². The van der Waals surface area contributed by atoms with Crippen molar-refractivity contribution in [1.29, 1.82) is 0 Å². The molecule has 0 aliphatic heterocycles. The van der Waals surface area contributed by atoms with Crippen LogP contribution in [0, 0.1) is 5.41 Å². The Morgan fingerprint density at radius 3 is 2.64 bits per heavy atom. The van der Waals surface area contributed by atoms with Crippen LogP contribution in [0.25, 0.3) is 0 Å². The summed E-state index contributed by atoms with van der Waals surface area (Å²) in [6.45, 7) is 0.245. The minimum Gasteiger partial charge on any atom is -0.507 e. The predicted molar refractivity (Wildman–Crippen MR) is 58.3 cm³/mol. The molecule has 0 heterocycles. The summed E-state index contributed by atoms with van der Waals surface area (Å²) in [5, 5.41) is 18.7. The third-order valence-corrected chi connectivity index (χ3v) is 3.83. The average molecular weight is 257 g/mol. The van der Waals surface area contributed by atoms with E-state index in [0.29, 0.717) is 0 Å². The highest BCUT2D eigenvalue weighted by Gasteiger charge is 2.42. The lowest BCUT2D eigenvalue weighted by Gasteiger charge is -2.13. The molecule has 0 bridgehead atoms. The Morgan fingerprint density at radius 2 is 2.07 bits per heavy atom. The standard InChI is InChI=1S/C11H13BrO2/c12-10-8(2-1-3-9(10)14)6-11(7-13)4-5-11/h1-3,13-14H,4-7H2. The van der Waals surface area contributed by atoms with Crippen molar-refractivity contribution < 1.29 is 10.2 Å². The molecule has 2 N–H and O–H groups in total. The molecule has 1 aromatic rings. The molecule has 0 unspecified atom stereocenters. The minimum atomic E-state index is 0.0936. The maximum Gasteiger partial charge on any atom is 0.130 e. The van der Waals surface area contributed by atoms with E-state index in [4.69, 9.17) is 0 Å². The summed E-state index contributed by atoms with van der Waals surface area (Å²) in [5.41, 5.74) is 1.17. The highest BCUT2D eigenvalue weighted by atomic mass is 79.9. The van der Waals surface area contributed by atoms with Gasteiger partial charge in [-0.3, -0.25) is 0 Å². The van der Waals surface area contributed by atoms with Crippen LogP contribution in [0.3, 0.4) is 0 Å². The predicted octanol–water partition coefficient (Wildman–Crippen LogP) is 2.47. The SMILES string of the molecule is OCC1(Cc2cccc(O)c2Br)CC1. The molecular weight excluding hydrogens is 244 g/mol. The first kappa shape index (κ1) is 9.99. The number of phenols is 1. The molecule has 14 heavy (non-hydrogen) atoms. The molecular formula is C11H13BrO2. The molecule has 1 aliphatic carbocycles. The Labute approximate surface area is 91.7 Å². The van der Waals surface area contributed by atoms with E-state index in [0.717, 1.165) is 29.3 Å². The third-order valence-electron chi connectivity index (χ3n) is 2.92. The third kappa shape index (κ3) is 1.79. The zero-order valence-corrected chi connectivity index (χ0v) is 9.42. The quantitative estimate of drug-likeness (QED) is 0.873. The van der Waals surface area contributed by atoms with Crippen LogP contribution in [0.15, 0.2) is 22.7 Å². The van der Waals surface area contributed by atoms with Gasteiger partial charge in [0, 0.05) is 6.61 Å². The number of hydrogen-bond donors (Lipinski definition) is 2. The molecule has 2 rings (SSSR count). The number of benzene rings is 1. The van der Waals surface area contributed by atoms with Gasteiger partial charge in [-0.15, -0.1) is 0 Å². The highest BCUT2D eigenvalue weighted by molar-refractivity contribution is 9.10. The van der Waals surface area contributed by atoms with Gasteiger partial charge in [0.25, 0.3) is 0 Å². The van der Waals surface area contributed by atoms with Crippen LogP contribution in [-0.4, -0.2) is 16.8 Å². The summed E-state index contributed by atoms with van der Waals surface area (Å²) < 4.78 is 0.764. The maximum absolute atomic E-state index is 9.48. The molecule has 1 aromatic carbocycles. The van der Waals surface area contributed by atoms with E-state index in [9.17, 15) is 10.2 Å². The Hall–Kier alpha value is -0.540. The maximum atomic E-state index is 9.48. The molecule has 0 atom stereocenters. The van der Waals surface area contributed by atoms with E-state index in [-0.39, 0.29) is 17.8 Å². The summed E-state index contributed by atoms with van der Waals surface area (Å²) in [6.07, 6.45) is 3.02. The van der Waals surface area contributed by atoms with E-state index in [2.05, 4.69) is 15.9 Å². The number of aliphatic hydroxyl groups is 1. The molecule has 0 aromatic heterocycles. The van der Waals surface area contributed by atoms with Crippen molar-refractivity contribution in [3.8, 4) is 5.75 Å². The Balaban J connectivity index is 2.21. The van der Waals surface area contributed by atoms with Gasteiger partial charge in [-0.2, -0.15) is 0 Å². The van der Waals surface area contributed by atoms with Gasteiger partial charge >= 0.3 is 0 Å². The summed E-state index contributed by atoms with van der Waals surface area (Å²) >= 11 is 3.36. The Morgan fingerprint density at radius 1 is 1.36 bits per heavy atom. The fourth-order valence-electron chi connectivity index (χ4n) is 1.67. The van der Waals surface area contributed by atoms with E-state index >= 15 is 0 Å². The molecule has 1 fully saturated rings. The van der Waals surface area contributed by atoms with Crippen LogP contribution in [0.5, 0.6) is 5.75 Å². The molecule has 0 saturated heterocycles. The van der Waals surface area contributed by atoms with Gasteiger partial charge in [0.05, 0.1) is 4.47 Å². The fraction of sp³-hybridized carbons (Fsp3) is 0.455. The number of aliphatic hydroxyl groups excluding tert-OH is 1. The molecule has 76 valence electrons. The van der Waals surface area contributed by atoms with E-state index < -0.39 is 0 Å². The minimum absolute atomic E-state index is 0.0936. The fourth-order valence-corrected chi connectivity index (χ4v) is 2.08. The van der Waals surface area contributed by atoms with Gasteiger partial charge in [-0.25, -0.2) is 0 Å². The van der Waals surface area contributed by atoms with Gasteiger partial charge in [0.15, 0.2) is 0 Å². The summed E-state index contributed by atoms with van der Waals surface area (Å²) in [4.78, 5) is 0. The molecule has 1 saturated carbocycles. The van der Waals surface area contributed by atoms with Crippen molar-refractivity contribution in [3.63, 3.8) is 0 Å². The lowest BCUT2D eigenvalue weighted by molar-refractivity contribution is 0.211. The molecule has 0 spiro atoms. The number of phenolic OH excluding ortho intramolecular Hbond substituents is 1. The summed E-state index contributed by atoms with van der Waals surface area (Å²) in [7, 11) is 0. The molecule has 2 nitrogen and oxygen atoms in total. The van der Waals surface area contributed by atoms with Crippen molar-refractivity contribution in [1.82, 2.24) is 0 Å². The summed E-state index contributed by atoms with van der Waals surface area (Å²) in [6, 6.07) is 5.48. The zero-order chi connectivity index (χ0) is 10.2. The van der Waals surface area contributed by atoms with E-state index in [1.54, 1.807) is 6.07 Å². The van der Waals surface area contributed by atoms with Crippen molar-refractivity contribution >= 4 is 15.9 Å². The van der Waals surface area contributed by atoms with Crippen molar-refractivity contribution in [3.05, 3.63) is 28.2 Å². The van der Waals surface area contributed by atoms with Crippen LogP contribution in [0.1, 0.15) is 18.4 Å². The normalized spacial score (nSPS) is 18.1. The second-order valence-corrected chi connectivity index (χ2v) is 4.88. The average Bonchev–Trinajstić information content (AvgIpc) is 2.94. The monoisotopic (exact) mass is 256 g/mol. The molecule has 3 heteroatoms. The van der Waals surface area contributed by atoms with Crippen molar-refractivity contribution in [2.75, 3.05) is 6.61 Å². The van der Waals surface area contributed by atoms with Crippen molar-refractivity contribution in [2.45, 2.75) is 19.3 Å². The molecule has 0 radical (unpaired) electrons. The Bertz CT molecular complexity index is 345. The zero-order valence-electron chi connectivity index (χ0n) is 7.83. The smallest absolute Gasteiger partial charge is 0.130 e. The van der Waals surface area contributed by atoms with Crippen LogP contribution in [0.2, 0.25) is 0 Å². The first-order valence-electron chi connectivity index (χ1n) is 4.74. The number of rotatable bonds is 3. The van der Waals surface area contributed by atoms with Crippen LogP contribution in [-0.2, 0) is 6.42 Å².